The second-order valence-corrected chi connectivity index (χ2v) is 5.56. The number of hydrogen-bond donors (Lipinski definition) is 2. The average Bonchev–Trinajstić information content (AvgIpc) is 2.85. The van der Waals surface area contributed by atoms with Gasteiger partial charge < -0.3 is 10.4 Å². The molecule has 1 aromatic heterocycles. The zero-order valence-corrected chi connectivity index (χ0v) is 12.0. The van der Waals surface area contributed by atoms with Crippen LogP contribution in [0.2, 0.25) is 4.34 Å². The monoisotopic (exact) mass is 297 g/mol. The van der Waals surface area contributed by atoms with Gasteiger partial charge in [0.2, 0.25) is 0 Å². The Morgan fingerprint density at radius 2 is 2.11 bits per heavy atom. The van der Waals surface area contributed by atoms with Gasteiger partial charge in [0, 0.05) is 30.7 Å². The number of aliphatic hydroxyl groups excluding tert-OH is 1. The summed E-state index contributed by atoms with van der Waals surface area (Å²) >= 11 is 7.18. The number of benzene rings is 1. The van der Waals surface area contributed by atoms with Gasteiger partial charge in [-0.25, -0.2) is 0 Å². The van der Waals surface area contributed by atoms with Crippen LogP contribution in [0.25, 0.3) is 0 Å². The molecule has 0 aliphatic rings. The third-order valence-corrected chi connectivity index (χ3v) is 3.86. The molecule has 0 bridgehead atoms. The van der Waals surface area contributed by atoms with Crippen LogP contribution in [0.1, 0.15) is 30.1 Å². The van der Waals surface area contributed by atoms with E-state index in [1.165, 1.54) is 17.1 Å². The SMILES string of the molecule is OCCCC(NCc1nnsc1Cl)c1ccccc1. The molecule has 2 N–H and O–H groups in total. The topological polar surface area (TPSA) is 58.0 Å². The van der Waals surface area contributed by atoms with Gasteiger partial charge in [-0.15, -0.1) is 5.10 Å². The molecular formula is C13H16ClN3OS. The molecule has 0 aliphatic heterocycles. The second kappa shape index (κ2) is 7.55. The lowest BCUT2D eigenvalue weighted by atomic mass is 10.0. The third-order valence-electron chi connectivity index (χ3n) is 2.88. The lowest BCUT2D eigenvalue weighted by molar-refractivity contribution is 0.274. The van der Waals surface area contributed by atoms with E-state index in [0.29, 0.717) is 10.9 Å². The van der Waals surface area contributed by atoms with Crippen LogP contribution in [0.3, 0.4) is 0 Å². The number of nitrogens with zero attached hydrogens (tertiary/aromatic N) is 2. The highest BCUT2D eigenvalue weighted by atomic mass is 35.5. The third kappa shape index (κ3) is 4.24. The molecule has 2 aromatic rings. The van der Waals surface area contributed by atoms with Crippen molar-refractivity contribution in [1.82, 2.24) is 14.9 Å². The maximum Gasteiger partial charge on any atom is 0.138 e. The lowest BCUT2D eigenvalue weighted by Crippen LogP contribution is -2.21. The molecule has 4 nitrogen and oxygen atoms in total. The maximum atomic E-state index is 8.99. The molecule has 0 radical (unpaired) electrons. The van der Waals surface area contributed by atoms with Gasteiger partial charge in [-0.3, -0.25) is 0 Å². The molecule has 0 aliphatic carbocycles. The van der Waals surface area contributed by atoms with Crippen molar-refractivity contribution < 1.29 is 5.11 Å². The van der Waals surface area contributed by atoms with Crippen molar-refractivity contribution in [2.75, 3.05) is 6.61 Å². The molecule has 0 amide bonds. The van der Waals surface area contributed by atoms with E-state index >= 15 is 0 Å². The van der Waals surface area contributed by atoms with Crippen molar-refractivity contribution >= 4 is 23.1 Å². The summed E-state index contributed by atoms with van der Waals surface area (Å²) in [7, 11) is 0. The molecule has 102 valence electrons. The number of halogens is 1. The van der Waals surface area contributed by atoms with Crippen molar-refractivity contribution in [3.05, 3.63) is 45.9 Å². The van der Waals surface area contributed by atoms with E-state index in [9.17, 15) is 0 Å². The maximum absolute atomic E-state index is 8.99. The van der Waals surface area contributed by atoms with Crippen molar-refractivity contribution in [3.63, 3.8) is 0 Å². The fourth-order valence-corrected chi connectivity index (χ4v) is 2.52. The summed E-state index contributed by atoms with van der Waals surface area (Å²) in [6, 6.07) is 10.4. The van der Waals surface area contributed by atoms with Crippen LogP contribution < -0.4 is 5.32 Å². The highest BCUT2D eigenvalue weighted by Gasteiger charge is 2.12. The van der Waals surface area contributed by atoms with Crippen LogP contribution in [-0.4, -0.2) is 21.3 Å². The summed E-state index contributed by atoms with van der Waals surface area (Å²) in [6.45, 7) is 0.782. The first-order valence-corrected chi connectivity index (χ1v) is 7.32. The van der Waals surface area contributed by atoms with Gasteiger partial charge in [0.1, 0.15) is 10.0 Å². The number of hydrogen-bond acceptors (Lipinski definition) is 5. The molecule has 1 heterocycles. The number of aromatic nitrogens is 2. The van der Waals surface area contributed by atoms with E-state index in [4.69, 9.17) is 16.7 Å². The molecule has 0 saturated heterocycles. The van der Waals surface area contributed by atoms with Crippen LogP contribution in [0.15, 0.2) is 30.3 Å². The lowest BCUT2D eigenvalue weighted by Gasteiger charge is -2.18. The van der Waals surface area contributed by atoms with Crippen molar-refractivity contribution in [2.45, 2.75) is 25.4 Å². The molecule has 0 fully saturated rings. The Labute approximate surface area is 121 Å². The highest BCUT2D eigenvalue weighted by molar-refractivity contribution is 7.10. The minimum atomic E-state index is 0.186. The Kier molecular flexibility index (Phi) is 5.72. The first-order chi connectivity index (χ1) is 9.31. The van der Waals surface area contributed by atoms with Crippen molar-refractivity contribution in [1.29, 1.82) is 0 Å². The van der Waals surface area contributed by atoms with E-state index in [-0.39, 0.29) is 12.6 Å². The Bertz CT molecular complexity index is 492. The van der Waals surface area contributed by atoms with E-state index in [1.807, 2.05) is 18.2 Å². The largest absolute Gasteiger partial charge is 0.396 e. The molecule has 1 unspecified atom stereocenters. The van der Waals surface area contributed by atoms with Crippen molar-refractivity contribution in [2.24, 2.45) is 0 Å². The Hall–Kier alpha value is -1.01. The van der Waals surface area contributed by atoms with E-state index in [2.05, 4.69) is 27.0 Å². The van der Waals surface area contributed by atoms with E-state index in [1.54, 1.807) is 0 Å². The van der Waals surface area contributed by atoms with Crippen LogP contribution in [0, 0.1) is 0 Å². The van der Waals surface area contributed by atoms with Crippen LogP contribution in [0.5, 0.6) is 0 Å². The zero-order chi connectivity index (χ0) is 13.5. The average molecular weight is 298 g/mol. The zero-order valence-electron chi connectivity index (χ0n) is 10.4. The summed E-state index contributed by atoms with van der Waals surface area (Å²) in [5, 5.41) is 16.4. The predicted octanol–water partition coefficient (Wildman–Crippen LogP) is 2.79. The summed E-state index contributed by atoms with van der Waals surface area (Å²) in [5.41, 5.74) is 1.98. The molecule has 19 heavy (non-hydrogen) atoms. The standard InChI is InChI=1S/C13H16ClN3OS/c14-13-12(16-17-19-13)9-15-11(7-4-8-18)10-5-2-1-3-6-10/h1-3,5-6,11,15,18H,4,7-9H2. The minimum absolute atomic E-state index is 0.186. The van der Waals surface area contributed by atoms with Gasteiger partial charge in [0.25, 0.3) is 0 Å². The fourth-order valence-electron chi connectivity index (χ4n) is 1.89. The van der Waals surface area contributed by atoms with Gasteiger partial charge >= 0.3 is 0 Å². The van der Waals surface area contributed by atoms with Crippen molar-refractivity contribution in [3.8, 4) is 0 Å². The fraction of sp³-hybridized carbons (Fsp3) is 0.385. The molecule has 1 atom stereocenters. The smallest absolute Gasteiger partial charge is 0.138 e. The molecular weight excluding hydrogens is 282 g/mol. The molecule has 2 rings (SSSR count). The molecule has 0 saturated carbocycles. The van der Waals surface area contributed by atoms with Gasteiger partial charge in [-0.05, 0) is 18.4 Å². The van der Waals surface area contributed by atoms with Gasteiger partial charge in [-0.2, -0.15) is 0 Å². The number of rotatable bonds is 7. The predicted molar refractivity (Wildman–Crippen MR) is 77.3 cm³/mol. The summed E-state index contributed by atoms with van der Waals surface area (Å²) < 4.78 is 4.44. The van der Waals surface area contributed by atoms with Crippen LogP contribution in [0.4, 0.5) is 0 Å². The van der Waals surface area contributed by atoms with E-state index in [0.717, 1.165) is 18.5 Å². The quantitative estimate of drug-likeness (QED) is 0.825. The summed E-state index contributed by atoms with van der Waals surface area (Å²) in [5.74, 6) is 0. The molecule has 1 aromatic carbocycles. The van der Waals surface area contributed by atoms with Gasteiger partial charge in [-0.1, -0.05) is 46.4 Å². The number of aliphatic hydroxyl groups is 1. The number of nitrogens with one attached hydrogen (secondary N) is 1. The first kappa shape index (κ1) is 14.4. The van der Waals surface area contributed by atoms with Crippen LogP contribution in [-0.2, 0) is 6.54 Å². The highest BCUT2D eigenvalue weighted by Crippen LogP contribution is 2.21. The second-order valence-electron chi connectivity index (χ2n) is 4.20. The van der Waals surface area contributed by atoms with Gasteiger partial charge in [0.05, 0.1) is 0 Å². The Balaban J connectivity index is 2.00. The Morgan fingerprint density at radius 1 is 1.32 bits per heavy atom. The summed E-state index contributed by atoms with van der Waals surface area (Å²) in [4.78, 5) is 0. The van der Waals surface area contributed by atoms with Gasteiger partial charge in [0.15, 0.2) is 0 Å². The van der Waals surface area contributed by atoms with E-state index < -0.39 is 0 Å². The minimum Gasteiger partial charge on any atom is -0.396 e. The molecule has 0 spiro atoms. The first-order valence-electron chi connectivity index (χ1n) is 6.17. The van der Waals surface area contributed by atoms with Crippen LogP contribution >= 0.6 is 23.1 Å². The summed E-state index contributed by atoms with van der Waals surface area (Å²) in [6.07, 6.45) is 1.63. The Morgan fingerprint density at radius 3 is 2.74 bits per heavy atom. The normalized spacial score (nSPS) is 12.5. The molecule has 6 heteroatoms.